The number of hydrogen-bond acceptors (Lipinski definition) is 3. The van der Waals surface area contributed by atoms with Crippen molar-refractivity contribution in [1.82, 2.24) is 14.6 Å². The van der Waals surface area contributed by atoms with Gasteiger partial charge in [0.1, 0.15) is 0 Å². The second-order valence-corrected chi connectivity index (χ2v) is 5.55. The predicted molar refractivity (Wildman–Crippen MR) is 78.2 cm³/mol. The van der Waals surface area contributed by atoms with E-state index in [1.165, 1.54) is 16.7 Å². The summed E-state index contributed by atoms with van der Waals surface area (Å²) in [5.74, 6) is 0.826. The van der Waals surface area contributed by atoms with Gasteiger partial charge in [-0.15, -0.1) is 5.10 Å². The minimum atomic E-state index is 0.660. The van der Waals surface area contributed by atoms with Crippen LogP contribution in [0.1, 0.15) is 30.3 Å². The van der Waals surface area contributed by atoms with Gasteiger partial charge in [0.2, 0.25) is 0 Å². The van der Waals surface area contributed by atoms with E-state index in [0.717, 1.165) is 35.4 Å². The molecule has 0 unspecified atom stereocenters. The first-order valence-corrected chi connectivity index (χ1v) is 7.31. The van der Waals surface area contributed by atoms with Crippen molar-refractivity contribution in [3.63, 3.8) is 0 Å². The molecule has 1 aliphatic rings. The molecule has 3 heterocycles. The number of nitrogens with zero attached hydrogens (tertiary/aromatic N) is 3. The minimum Gasteiger partial charge on any atom is -0.377 e. The zero-order valence-corrected chi connectivity index (χ0v) is 12.7. The van der Waals surface area contributed by atoms with Gasteiger partial charge in [0.15, 0.2) is 11.5 Å². The van der Waals surface area contributed by atoms with Crippen molar-refractivity contribution in [3.05, 3.63) is 33.7 Å². The minimum absolute atomic E-state index is 0.660. The van der Waals surface area contributed by atoms with Crippen molar-refractivity contribution >= 4 is 27.2 Å². The lowest BCUT2D eigenvalue weighted by Crippen LogP contribution is -2.04. The van der Waals surface area contributed by atoms with E-state index in [4.69, 9.17) is 9.72 Å². The van der Waals surface area contributed by atoms with Crippen LogP contribution in [-0.4, -0.2) is 27.8 Å². The molecule has 1 aliphatic heterocycles. The van der Waals surface area contributed by atoms with Gasteiger partial charge in [-0.3, -0.25) is 0 Å². The van der Waals surface area contributed by atoms with E-state index >= 15 is 0 Å². The van der Waals surface area contributed by atoms with Crippen molar-refractivity contribution < 1.29 is 4.74 Å². The molecule has 5 heteroatoms. The summed E-state index contributed by atoms with van der Waals surface area (Å²) in [6.07, 6.45) is 5.94. The molecular weight excluding hydrogens is 306 g/mol. The molecule has 2 aromatic heterocycles. The average molecular weight is 322 g/mol. The van der Waals surface area contributed by atoms with Gasteiger partial charge in [-0.05, 0) is 52.4 Å². The lowest BCUT2D eigenvalue weighted by molar-refractivity contribution is 0.161. The summed E-state index contributed by atoms with van der Waals surface area (Å²) < 4.78 is 8.29. The van der Waals surface area contributed by atoms with Crippen LogP contribution in [0.5, 0.6) is 0 Å². The molecule has 0 aliphatic carbocycles. The Morgan fingerprint density at radius 3 is 3.00 bits per heavy atom. The molecule has 0 spiro atoms. The van der Waals surface area contributed by atoms with Crippen LogP contribution < -0.4 is 0 Å². The van der Waals surface area contributed by atoms with Crippen molar-refractivity contribution in [1.29, 1.82) is 0 Å². The smallest absolute Gasteiger partial charge is 0.177 e. The number of aryl methyl sites for hydroxylation is 1. The molecule has 0 amide bonds. The highest BCUT2D eigenvalue weighted by Crippen LogP contribution is 2.26. The van der Waals surface area contributed by atoms with E-state index in [1.807, 2.05) is 10.7 Å². The Hall–Kier alpha value is -1.20. The molecule has 0 N–H and O–H groups in total. The normalized spacial score (nSPS) is 15.8. The Kier molecular flexibility index (Phi) is 3.41. The first-order chi connectivity index (χ1) is 9.20. The van der Waals surface area contributed by atoms with Gasteiger partial charge in [0, 0.05) is 10.7 Å². The molecule has 4 nitrogen and oxygen atoms in total. The van der Waals surface area contributed by atoms with Crippen LogP contribution >= 0.6 is 15.9 Å². The van der Waals surface area contributed by atoms with Crippen LogP contribution in [0.15, 0.2) is 16.7 Å². The molecule has 0 saturated carbocycles. The third-order valence-electron chi connectivity index (χ3n) is 3.55. The van der Waals surface area contributed by atoms with Crippen LogP contribution in [0.25, 0.3) is 11.2 Å². The third-order valence-corrected chi connectivity index (χ3v) is 4.23. The summed E-state index contributed by atoms with van der Waals surface area (Å²) in [5, 5.41) is 4.59. The molecular formula is C14H16BrN3O. The van der Waals surface area contributed by atoms with Gasteiger partial charge in [0.05, 0.1) is 13.2 Å². The standard InChI is InChI=1S/C14H16BrN3O/c1-3-11-9(2)14-16-13(10-4-6-19-7-5-10)17-18(14)8-12(11)15/h4,8H,3,5-7H2,1-2H3. The SMILES string of the molecule is CCc1c(Br)cn2nc(C3=CCOCC3)nc2c1C. The van der Waals surface area contributed by atoms with Gasteiger partial charge in [-0.2, -0.15) is 0 Å². The Morgan fingerprint density at radius 1 is 1.47 bits per heavy atom. The van der Waals surface area contributed by atoms with Crippen LogP contribution in [-0.2, 0) is 11.2 Å². The Balaban J connectivity index is 2.15. The highest BCUT2D eigenvalue weighted by Gasteiger charge is 2.15. The largest absolute Gasteiger partial charge is 0.377 e. The first kappa shape index (κ1) is 12.8. The maximum absolute atomic E-state index is 5.33. The molecule has 0 saturated heterocycles. The molecule has 0 aromatic carbocycles. The quantitative estimate of drug-likeness (QED) is 0.852. The van der Waals surface area contributed by atoms with E-state index in [0.29, 0.717) is 6.61 Å². The molecule has 0 fully saturated rings. The van der Waals surface area contributed by atoms with Gasteiger partial charge in [-0.1, -0.05) is 13.0 Å². The molecule has 0 bridgehead atoms. The summed E-state index contributed by atoms with van der Waals surface area (Å²) >= 11 is 3.61. The van der Waals surface area contributed by atoms with E-state index in [-0.39, 0.29) is 0 Å². The van der Waals surface area contributed by atoms with Crippen LogP contribution in [0, 0.1) is 6.92 Å². The number of aromatic nitrogens is 3. The van der Waals surface area contributed by atoms with Gasteiger partial charge in [0.25, 0.3) is 0 Å². The summed E-state index contributed by atoms with van der Waals surface area (Å²) in [6, 6.07) is 0. The predicted octanol–water partition coefficient (Wildman–Crippen LogP) is 3.17. The van der Waals surface area contributed by atoms with Crippen molar-refractivity contribution in [3.8, 4) is 0 Å². The number of hydrogen-bond donors (Lipinski definition) is 0. The summed E-state index contributed by atoms with van der Waals surface area (Å²) in [6.45, 7) is 5.68. The highest BCUT2D eigenvalue weighted by molar-refractivity contribution is 9.10. The van der Waals surface area contributed by atoms with Gasteiger partial charge in [-0.25, -0.2) is 9.50 Å². The van der Waals surface area contributed by atoms with E-state index in [1.54, 1.807) is 0 Å². The van der Waals surface area contributed by atoms with E-state index in [2.05, 4.69) is 41.0 Å². The number of rotatable bonds is 2. The van der Waals surface area contributed by atoms with Gasteiger partial charge >= 0.3 is 0 Å². The second kappa shape index (κ2) is 5.06. The number of halogens is 1. The van der Waals surface area contributed by atoms with E-state index < -0.39 is 0 Å². The molecule has 100 valence electrons. The van der Waals surface area contributed by atoms with Crippen LogP contribution in [0.3, 0.4) is 0 Å². The van der Waals surface area contributed by atoms with Gasteiger partial charge < -0.3 is 4.74 Å². The van der Waals surface area contributed by atoms with Crippen molar-refractivity contribution in [2.45, 2.75) is 26.7 Å². The molecule has 19 heavy (non-hydrogen) atoms. The summed E-state index contributed by atoms with van der Waals surface area (Å²) in [4.78, 5) is 4.69. The lowest BCUT2D eigenvalue weighted by atomic mass is 10.1. The average Bonchev–Trinajstić information content (AvgIpc) is 2.84. The van der Waals surface area contributed by atoms with Crippen LogP contribution in [0.2, 0.25) is 0 Å². The Labute approximate surface area is 120 Å². The molecule has 0 radical (unpaired) electrons. The monoisotopic (exact) mass is 321 g/mol. The zero-order valence-electron chi connectivity index (χ0n) is 11.1. The summed E-state index contributed by atoms with van der Waals surface area (Å²) in [7, 11) is 0. The number of pyridine rings is 1. The fourth-order valence-corrected chi connectivity index (χ4v) is 3.24. The lowest BCUT2D eigenvalue weighted by Gasteiger charge is -2.09. The number of fused-ring (bicyclic) bond motifs is 1. The fourth-order valence-electron chi connectivity index (χ4n) is 2.47. The fraction of sp³-hybridized carbons (Fsp3) is 0.429. The topological polar surface area (TPSA) is 39.4 Å². The van der Waals surface area contributed by atoms with E-state index in [9.17, 15) is 0 Å². The second-order valence-electron chi connectivity index (χ2n) is 4.69. The van der Waals surface area contributed by atoms with Crippen LogP contribution in [0.4, 0.5) is 0 Å². The Morgan fingerprint density at radius 2 is 2.32 bits per heavy atom. The Bertz CT molecular complexity index is 660. The van der Waals surface area contributed by atoms with Crippen molar-refractivity contribution in [2.75, 3.05) is 13.2 Å². The third kappa shape index (κ3) is 2.21. The summed E-state index contributed by atoms with van der Waals surface area (Å²) in [5.41, 5.74) is 4.63. The van der Waals surface area contributed by atoms with Crippen molar-refractivity contribution in [2.24, 2.45) is 0 Å². The number of ether oxygens (including phenoxy) is 1. The molecule has 0 atom stereocenters. The zero-order chi connectivity index (χ0) is 13.4. The highest BCUT2D eigenvalue weighted by atomic mass is 79.9. The molecule has 2 aromatic rings. The first-order valence-electron chi connectivity index (χ1n) is 6.52. The maximum atomic E-state index is 5.33. The molecule has 3 rings (SSSR count). The maximum Gasteiger partial charge on any atom is 0.177 e.